The summed E-state index contributed by atoms with van der Waals surface area (Å²) in [4.78, 5) is 14.6. The maximum Gasteiger partial charge on any atom is 0.226 e. The Morgan fingerprint density at radius 3 is 2.52 bits per heavy atom. The minimum Gasteiger partial charge on any atom is -0.493 e. The van der Waals surface area contributed by atoms with Crippen molar-refractivity contribution in [3.8, 4) is 5.75 Å². The monoisotopic (exact) mass is 444 g/mol. The number of benzene rings is 3. The number of nitrogens with one attached hydrogen (secondary N) is 1. The van der Waals surface area contributed by atoms with Gasteiger partial charge in [0.05, 0.1) is 6.61 Å². The van der Waals surface area contributed by atoms with Crippen molar-refractivity contribution >= 4 is 22.4 Å². The van der Waals surface area contributed by atoms with E-state index < -0.39 is 0 Å². The van der Waals surface area contributed by atoms with E-state index in [-0.39, 0.29) is 11.8 Å². The smallest absolute Gasteiger partial charge is 0.226 e. The molecule has 1 aliphatic heterocycles. The lowest BCUT2D eigenvalue weighted by atomic mass is 9.89. The molecule has 0 radical (unpaired) electrons. The molecule has 1 saturated heterocycles. The van der Waals surface area contributed by atoms with E-state index in [0.29, 0.717) is 5.92 Å². The lowest BCUT2D eigenvalue weighted by molar-refractivity contribution is -0.118. The van der Waals surface area contributed by atoms with Crippen LogP contribution in [-0.4, -0.2) is 30.5 Å². The predicted molar refractivity (Wildman–Crippen MR) is 137 cm³/mol. The quantitative estimate of drug-likeness (QED) is 0.425. The number of rotatable bonds is 8. The molecule has 0 aliphatic carbocycles. The lowest BCUT2D eigenvalue weighted by Crippen LogP contribution is -2.32. The van der Waals surface area contributed by atoms with Crippen LogP contribution in [0.2, 0.25) is 0 Å². The van der Waals surface area contributed by atoms with E-state index in [4.69, 9.17) is 4.74 Å². The minimum absolute atomic E-state index is 0.0137. The second kappa shape index (κ2) is 10.8. The number of hydrogen-bond donors (Lipinski definition) is 1. The van der Waals surface area contributed by atoms with Gasteiger partial charge in [-0.25, -0.2) is 0 Å². The SMILES string of the molecule is CCCOc1ccc(CN2CCC(c3cccc(NC(=O)C(C)C)c3)CC2)c2ccccc12. The Hall–Kier alpha value is -2.85. The summed E-state index contributed by atoms with van der Waals surface area (Å²) in [5, 5.41) is 5.54. The summed E-state index contributed by atoms with van der Waals surface area (Å²) in [5.74, 6) is 1.58. The van der Waals surface area contributed by atoms with Crippen molar-refractivity contribution < 1.29 is 9.53 Å². The van der Waals surface area contributed by atoms with E-state index >= 15 is 0 Å². The van der Waals surface area contributed by atoms with Gasteiger partial charge in [-0.05, 0) is 73.0 Å². The zero-order chi connectivity index (χ0) is 23.2. The maximum absolute atomic E-state index is 12.1. The van der Waals surface area contributed by atoms with Crippen molar-refractivity contribution in [1.29, 1.82) is 0 Å². The summed E-state index contributed by atoms with van der Waals surface area (Å²) >= 11 is 0. The zero-order valence-electron chi connectivity index (χ0n) is 20.1. The topological polar surface area (TPSA) is 41.6 Å². The third-order valence-electron chi connectivity index (χ3n) is 6.57. The molecule has 0 bridgehead atoms. The van der Waals surface area contributed by atoms with Crippen molar-refractivity contribution in [3.63, 3.8) is 0 Å². The molecular formula is C29H36N2O2. The molecule has 4 nitrogen and oxygen atoms in total. The summed E-state index contributed by atoms with van der Waals surface area (Å²) in [6.45, 7) is 9.85. The molecule has 3 aromatic rings. The van der Waals surface area contributed by atoms with Gasteiger partial charge >= 0.3 is 0 Å². The predicted octanol–water partition coefficient (Wildman–Crippen LogP) is 6.60. The van der Waals surface area contributed by atoms with Crippen LogP contribution in [-0.2, 0) is 11.3 Å². The van der Waals surface area contributed by atoms with Crippen LogP contribution in [0.4, 0.5) is 5.69 Å². The van der Waals surface area contributed by atoms with Crippen LogP contribution >= 0.6 is 0 Å². The van der Waals surface area contributed by atoms with Gasteiger partial charge in [0, 0.05) is 23.5 Å². The first-order valence-electron chi connectivity index (χ1n) is 12.3. The molecule has 4 rings (SSSR count). The number of amides is 1. The molecule has 33 heavy (non-hydrogen) atoms. The Labute approximate surface area is 197 Å². The molecule has 1 amide bonds. The first-order valence-corrected chi connectivity index (χ1v) is 12.3. The fraction of sp³-hybridized carbons (Fsp3) is 0.414. The molecule has 1 fully saturated rings. The first-order chi connectivity index (χ1) is 16.0. The van der Waals surface area contributed by atoms with Gasteiger partial charge in [0.25, 0.3) is 0 Å². The van der Waals surface area contributed by atoms with Gasteiger partial charge in [0.1, 0.15) is 5.75 Å². The van der Waals surface area contributed by atoms with Crippen LogP contribution in [0.15, 0.2) is 60.7 Å². The van der Waals surface area contributed by atoms with Gasteiger partial charge in [-0.2, -0.15) is 0 Å². The van der Waals surface area contributed by atoms with E-state index in [9.17, 15) is 4.79 Å². The molecule has 1 heterocycles. The van der Waals surface area contributed by atoms with Crippen LogP contribution in [0.5, 0.6) is 5.75 Å². The Bertz CT molecular complexity index is 1080. The van der Waals surface area contributed by atoms with Gasteiger partial charge in [0.2, 0.25) is 5.91 Å². The fourth-order valence-electron chi connectivity index (χ4n) is 4.63. The van der Waals surface area contributed by atoms with Crippen molar-refractivity contribution in [2.24, 2.45) is 5.92 Å². The molecule has 0 atom stereocenters. The molecule has 1 aliphatic rings. The van der Waals surface area contributed by atoms with Gasteiger partial charge in [-0.3, -0.25) is 9.69 Å². The fourth-order valence-corrected chi connectivity index (χ4v) is 4.63. The van der Waals surface area contributed by atoms with Gasteiger partial charge in [0.15, 0.2) is 0 Å². The Morgan fingerprint density at radius 1 is 1.03 bits per heavy atom. The third-order valence-corrected chi connectivity index (χ3v) is 6.57. The van der Waals surface area contributed by atoms with Crippen LogP contribution < -0.4 is 10.1 Å². The largest absolute Gasteiger partial charge is 0.493 e. The van der Waals surface area contributed by atoms with Crippen molar-refractivity contribution in [2.45, 2.75) is 52.5 Å². The minimum atomic E-state index is -0.0137. The van der Waals surface area contributed by atoms with Crippen LogP contribution in [0, 0.1) is 5.92 Å². The number of carbonyl (C=O) groups excluding carboxylic acids is 1. The van der Waals surface area contributed by atoms with E-state index in [1.807, 2.05) is 19.9 Å². The average Bonchev–Trinajstić information content (AvgIpc) is 2.84. The van der Waals surface area contributed by atoms with E-state index in [2.05, 4.69) is 71.7 Å². The summed E-state index contributed by atoms with van der Waals surface area (Å²) in [7, 11) is 0. The Kier molecular flexibility index (Phi) is 7.66. The van der Waals surface area contributed by atoms with Crippen LogP contribution in [0.25, 0.3) is 10.8 Å². The highest BCUT2D eigenvalue weighted by Crippen LogP contribution is 2.33. The molecule has 4 heteroatoms. The molecular weight excluding hydrogens is 408 g/mol. The summed E-state index contributed by atoms with van der Waals surface area (Å²) < 4.78 is 5.98. The Morgan fingerprint density at radius 2 is 1.79 bits per heavy atom. The number of carbonyl (C=O) groups is 1. The third kappa shape index (κ3) is 5.75. The highest BCUT2D eigenvalue weighted by Gasteiger charge is 2.22. The summed E-state index contributed by atoms with van der Waals surface area (Å²) in [6.07, 6.45) is 3.28. The first kappa shape index (κ1) is 23.3. The van der Waals surface area contributed by atoms with Crippen molar-refractivity contribution in [3.05, 3.63) is 71.8 Å². The lowest BCUT2D eigenvalue weighted by Gasteiger charge is -2.32. The zero-order valence-corrected chi connectivity index (χ0v) is 20.1. The van der Waals surface area contributed by atoms with Crippen molar-refractivity contribution in [1.82, 2.24) is 4.90 Å². The maximum atomic E-state index is 12.1. The second-order valence-electron chi connectivity index (χ2n) is 9.44. The van der Waals surface area contributed by atoms with E-state index in [1.54, 1.807) is 0 Å². The van der Waals surface area contributed by atoms with E-state index in [1.165, 1.54) is 21.9 Å². The number of fused-ring (bicyclic) bond motifs is 1. The summed E-state index contributed by atoms with van der Waals surface area (Å²) in [5.41, 5.74) is 3.61. The molecule has 0 saturated carbocycles. The normalized spacial score (nSPS) is 15.2. The highest BCUT2D eigenvalue weighted by atomic mass is 16.5. The molecule has 174 valence electrons. The second-order valence-corrected chi connectivity index (χ2v) is 9.44. The van der Waals surface area contributed by atoms with Crippen molar-refractivity contribution in [2.75, 3.05) is 25.0 Å². The van der Waals surface area contributed by atoms with Gasteiger partial charge < -0.3 is 10.1 Å². The van der Waals surface area contributed by atoms with Gasteiger partial charge in [-0.1, -0.05) is 63.2 Å². The number of ether oxygens (including phenoxy) is 1. The van der Waals surface area contributed by atoms with E-state index in [0.717, 1.165) is 56.9 Å². The molecule has 0 spiro atoms. The average molecular weight is 445 g/mol. The molecule has 1 N–H and O–H groups in total. The molecule has 3 aromatic carbocycles. The number of nitrogens with zero attached hydrogens (tertiary/aromatic N) is 1. The highest BCUT2D eigenvalue weighted by molar-refractivity contribution is 5.92. The summed E-state index contributed by atoms with van der Waals surface area (Å²) in [6, 6.07) is 21.4. The number of likely N-dealkylation sites (tertiary alicyclic amines) is 1. The van der Waals surface area contributed by atoms with Gasteiger partial charge in [-0.15, -0.1) is 0 Å². The molecule has 0 unspecified atom stereocenters. The Balaban J connectivity index is 1.40. The van der Waals surface area contributed by atoms with Crippen LogP contribution in [0.3, 0.4) is 0 Å². The number of piperidine rings is 1. The van der Waals surface area contributed by atoms with Crippen LogP contribution in [0.1, 0.15) is 57.1 Å². The number of hydrogen-bond acceptors (Lipinski definition) is 3. The number of anilines is 1. The standard InChI is InChI=1S/C29H36N2O2/c1-4-18-33-28-13-12-24(26-10-5-6-11-27(26)28)20-31-16-14-22(15-17-31)23-8-7-9-25(19-23)30-29(32)21(2)3/h5-13,19,21-22H,4,14-18,20H2,1-3H3,(H,30,32). The molecule has 0 aromatic heterocycles.